The van der Waals surface area contributed by atoms with Gasteiger partial charge in [-0.05, 0) is 41.1 Å². The molecule has 4 rings (SSSR count). The molecule has 6 nitrogen and oxygen atoms in total. The van der Waals surface area contributed by atoms with Gasteiger partial charge in [0.05, 0.1) is 34.3 Å². The van der Waals surface area contributed by atoms with E-state index in [4.69, 9.17) is 14.2 Å². The predicted octanol–water partition coefficient (Wildman–Crippen LogP) is 4.93. The summed E-state index contributed by atoms with van der Waals surface area (Å²) in [7, 11) is 0. The van der Waals surface area contributed by atoms with Gasteiger partial charge in [-0.1, -0.05) is 0 Å². The number of nitrogens with zero attached hydrogens (tertiary/aromatic N) is 3. The van der Waals surface area contributed by atoms with Crippen molar-refractivity contribution in [2.24, 2.45) is 0 Å². The Balaban J connectivity index is 1.71. The maximum atomic E-state index is 13.3. The summed E-state index contributed by atoms with van der Waals surface area (Å²) in [5.74, 6) is 0.254. The SMILES string of the molecule is CC(Oc1nc(-n2cnc3cc(OC4COC4)c(Br)cc32)ccc1C(F)F)C(F)F. The number of imidazole rings is 1. The first kappa shape index (κ1) is 20.9. The van der Waals surface area contributed by atoms with E-state index < -0.39 is 30.4 Å². The minimum atomic E-state index is -2.92. The molecule has 0 spiro atoms. The lowest BCUT2D eigenvalue weighted by atomic mass is 10.2. The second-order valence-corrected chi connectivity index (χ2v) is 7.54. The minimum absolute atomic E-state index is 0.0269. The Hall–Kier alpha value is -2.40. The number of hydrogen-bond acceptors (Lipinski definition) is 5. The zero-order chi connectivity index (χ0) is 21.4. The number of halogens is 5. The molecule has 0 bridgehead atoms. The molecule has 3 heterocycles. The largest absolute Gasteiger partial charge is 0.484 e. The van der Waals surface area contributed by atoms with Crippen molar-refractivity contribution in [2.75, 3.05) is 13.2 Å². The Morgan fingerprint density at radius 1 is 1.20 bits per heavy atom. The molecule has 0 aliphatic carbocycles. The zero-order valence-electron chi connectivity index (χ0n) is 15.6. The smallest absolute Gasteiger partial charge is 0.274 e. The van der Waals surface area contributed by atoms with Crippen LogP contribution in [0, 0.1) is 0 Å². The highest BCUT2D eigenvalue weighted by Crippen LogP contribution is 2.34. The average Bonchev–Trinajstić information content (AvgIpc) is 3.06. The molecule has 0 saturated carbocycles. The molecule has 1 fully saturated rings. The van der Waals surface area contributed by atoms with Gasteiger partial charge in [-0.25, -0.2) is 22.5 Å². The molecule has 0 amide bonds. The van der Waals surface area contributed by atoms with E-state index in [0.717, 1.165) is 13.0 Å². The zero-order valence-corrected chi connectivity index (χ0v) is 17.2. The number of alkyl halides is 4. The Bertz CT molecular complexity index is 1060. The molecule has 1 atom stereocenters. The first-order valence-electron chi connectivity index (χ1n) is 8.98. The van der Waals surface area contributed by atoms with Crippen molar-refractivity contribution in [3.63, 3.8) is 0 Å². The third-order valence-corrected chi connectivity index (χ3v) is 5.13. The third-order valence-electron chi connectivity index (χ3n) is 4.51. The van der Waals surface area contributed by atoms with Gasteiger partial charge >= 0.3 is 0 Å². The van der Waals surface area contributed by atoms with Crippen LogP contribution in [0.3, 0.4) is 0 Å². The van der Waals surface area contributed by atoms with Crippen LogP contribution in [-0.4, -0.2) is 46.4 Å². The van der Waals surface area contributed by atoms with Crippen molar-refractivity contribution >= 4 is 27.0 Å². The van der Waals surface area contributed by atoms with Crippen molar-refractivity contribution in [3.05, 3.63) is 40.6 Å². The number of rotatable bonds is 7. The molecule has 1 aliphatic heterocycles. The lowest BCUT2D eigenvalue weighted by Crippen LogP contribution is -2.38. The first-order valence-corrected chi connectivity index (χ1v) is 9.78. The maximum Gasteiger partial charge on any atom is 0.274 e. The molecule has 30 heavy (non-hydrogen) atoms. The van der Waals surface area contributed by atoms with E-state index in [-0.39, 0.29) is 11.9 Å². The van der Waals surface area contributed by atoms with E-state index >= 15 is 0 Å². The standard InChI is InChI=1S/C19H16BrF4N3O3/c1-9(17(21)22)29-19-11(18(23)24)2-3-16(26-19)27-8-25-13-5-15(12(20)4-14(13)27)30-10-6-28-7-10/h2-5,8-10,17-18H,6-7H2,1H3. The van der Waals surface area contributed by atoms with Crippen molar-refractivity contribution < 1.29 is 31.8 Å². The lowest BCUT2D eigenvalue weighted by molar-refractivity contribution is -0.0799. The Morgan fingerprint density at radius 3 is 2.60 bits per heavy atom. The summed E-state index contributed by atoms with van der Waals surface area (Å²) in [4.78, 5) is 8.36. The van der Waals surface area contributed by atoms with Gasteiger partial charge in [-0.3, -0.25) is 4.57 Å². The number of pyridine rings is 1. The number of fused-ring (bicyclic) bond motifs is 1. The van der Waals surface area contributed by atoms with Crippen molar-refractivity contribution in [2.45, 2.75) is 32.0 Å². The van der Waals surface area contributed by atoms with E-state index in [1.807, 2.05) is 0 Å². The average molecular weight is 490 g/mol. The maximum absolute atomic E-state index is 13.3. The summed E-state index contributed by atoms with van der Waals surface area (Å²) in [5.41, 5.74) is 0.635. The van der Waals surface area contributed by atoms with E-state index in [2.05, 4.69) is 25.9 Å². The number of ether oxygens (including phenoxy) is 3. The number of hydrogen-bond donors (Lipinski definition) is 0. The fraction of sp³-hybridized carbons (Fsp3) is 0.368. The summed E-state index contributed by atoms with van der Waals surface area (Å²) < 4.78 is 70.4. The highest BCUT2D eigenvalue weighted by Gasteiger charge is 2.24. The summed E-state index contributed by atoms with van der Waals surface area (Å²) in [6.45, 7) is 2.12. The molecule has 11 heteroatoms. The first-order chi connectivity index (χ1) is 14.3. The molecule has 1 unspecified atom stereocenters. The van der Waals surface area contributed by atoms with Gasteiger partial charge in [0.2, 0.25) is 5.88 Å². The Morgan fingerprint density at radius 2 is 1.97 bits per heavy atom. The molecule has 0 radical (unpaired) electrons. The van der Waals surface area contributed by atoms with Crippen LogP contribution in [-0.2, 0) is 4.74 Å². The molecule has 160 valence electrons. The van der Waals surface area contributed by atoms with Gasteiger partial charge in [0.15, 0.2) is 6.10 Å². The molecule has 0 N–H and O–H groups in total. The molecule has 3 aromatic rings. The van der Waals surface area contributed by atoms with Gasteiger partial charge in [-0.2, -0.15) is 4.98 Å². The van der Waals surface area contributed by atoms with Crippen LogP contribution in [0.2, 0.25) is 0 Å². The van der Waals surface area contributed by atoms with Gasteiger partial charge in [-0.15, -0.1) is 0 Å². The van der Waals surface area contributed by atoms with Crippen LogP contribution >= 0.6 is 15.9 Å². The predicted molar refractivity (Wildman–Crippen MR) is 103 cm³/mol. The summed E-state index contributed by atoms with van der Waals surface area (Å²) in [6, 6.07) is 5.95. The molecular formula is C19H16BrF4N3O3. The van der Waals surface area contributed by atoms with Gasteiger partial charge < -0.3 is 14.2 Å². The highest BCUT2D eigenvalue weighted by molar-refractivity contribution is 9.10. The molecular weight excluding hydrogens is 474 g/mol. The van der Waals surface area contributed by atoms with E-state index in [9.17, 15) is 17.6 Å². The topological polar surface area (TPSA) is 58.4 Å². The van der Waals surface area contributed by atoms with Crippen LogP contribution < -0.4 is 9.47 Å². The van der Waals surface area contributed by atoms with Crippen molar-refractivity contribution in [3.8, 4) is 17.4 Å². The summed E-state index contributed by atoms with van der Waals surface area (Å²) >= 11 is 3.45. The van der Waals surface area contributed by atoms with Crippen molar-refractivity contribution in [1.29, 1.82) is 0 Å². The normalized spacial score (nSPS) is 15.6. The van der Waals surface area contributed by atoms with Crippen LogP contribution in [0.4, 0.5) is 17.6 Å². The summed E-state index contributed by atoms with van der Waals surface area (Å²) in [6.07, 6.45) is -5.92. The Kier molecular flexibility index (Phi) is 5.83. The van der Waals surface area contributed by atoms with Gasteiger partial charge in [0.1, 0.15) is 24.0 Å². The minimum Gasteiger partial charge on any atom is -0.484 e. The number of benzene rings is 1. The van der Waals surface area contributed by atoms with Crippen LogP contribution in [0.5, 0.6) is 11.6 Å². The van der Waals surface area contributed by atoms with Crippen LogP contribution in [0.15, 0.2) is 35.1 Å². The fourth-order valence-electron chi connectivity index (χ4n) is 2.81. The molecule has 2 aromatic heterocycles. The van der Waals surface area contributed by atoms with E-state index in [1.165, 1.54) is 12.4 Å². The highest BCUT2D eigenvalue weighted by atomic mass is 79.9. The van der Waals surface area contributed by atoms with Crippen LogP contribution in [0.1, 0.15) is 18.9 Å². The second-order valence-electron chi connectivity index (χ2n) is 6.69. The van der Waals surface area contributed by atoms with E-state index in [1.54, 1.807) is 16.7 Å². The Labute approximate surface area is 176 Å². The quantitative estimate of drug-likeness (QED) is 0.440. The van der Waals surface area contributed by atoms with Gasteiger partial charge in [0.25, 0.3) is 12.9 Å². The monoisotopic (exact) mass is 489 g/mol. The second kappa shape index (κ2) is 8.38. The van der Waals surface area contributed by atoms with Crippen LogP contribution in [0.25, 0.3) is 16.9 Å². The van der Waals surface area contributed by atoms with E-state index in [0.29, 0.717) is 34.5 Å². The fourth-order valence-corrected chi connectivity index (χ4v) is 3.23. The number of aromatic nitrogens is 3. The molecule has 1 aliphatic rings. The molecule has 1 saturated heterocycles. The third kappa shape index (κ3) is 4.08. The summed E-state index contributed by atoms with van der Waals surface area (Å²) in [5, 5.41) is 0. The van der Waals surface area contributed by atoms with Gasteiger partial charge in [0, 0.05) is 6.07 Å². The van der Waals surface area contributed by atoms with Crippen molar-refractivity contribution in [1.82, 2.24) is 14.5 Å². The lowest BCUT2D eigenvalue weighted by Gasteiger charge is -2.27. The molecule has 1 aromatic carbocycles.